The maximum atomic E-state index is 13.3. The molecular formula is C19H13F4N3O3. The van der Waals surface area contributed by atoms with Gasteiger partial charge in [-0.15, -0.1) is 13.2 Å². The highest BCUT2D eigenvalue weighted by molar-refractivity contribution is 6.02. The van der Waals surface area contributed by atoms with Gasteiger partial charge in [0.2, 0.25) is 0 Å². The van der Waals surface area contributed by atoms with Gasteiger partial charge in [-0.25, -0.2) is 9.07 Å². The van der Waals surface area contributed by atoms with Crippen molar-refractivity contribution in [2.45, 2.75) is 12.9 Å². The number of amides is 1. The largest absolute Gasteiger partial charge is 0.573 e. The van der Waals surface area contributed by atoms with Crippen LogP contribution in [0.25, 0.3) is 0 Å². The lowest BCUT2D eigenvalue weighted by Gasteiger charge is -2.10. The Hall–Kier alpha value is -3.69. The van der Waals surface area contributed by atoms with E-state index in [0.29, 0.717) is 5.56 Å². The molecule has 0 radical (unpaired) electrons. The molecule has 0 saturated carbocycles. The van der Waals surface area contributed by atoms with E-state index in [9.17, 15) is 27.2 Å². The minimum Gasteiger partial charge on any atom is -0.406 e. The summed E-state index contributed by atoms with van der Waals surface area (Å²) in [5.74, 6) is -1.58. The third kappa shape index (κ3) is 5.64. The van der Waals surface area contributed by atoms with E-state index < -0.39 is 29.4 Å². The first-order valence-electron chi connectivity index (χ1n) is 8.19. The van der Waals surface area contributed by atoms with Crippen LogP contribution in [-0.4, -0.2) is 22.1 Å². The van der Waals surface area contributed by atoms with Crippen LogP contribution in [0.4, 0.5) is 23.2 Å². The summed E-state index contributed by atoms with van der Waals surface area (Å²) >= 11 is 0. The molecule has 0 spiro atoms. The van der Waals surface area contributed by atoms with Crippen molar-refractivity contribution in [3.8, 4) is 5.75 Å². The summed E-state index contributed by atoms with van der Waals surface area (Å²) < 4.78 is 54.6. The first-order valence-corrected chi connectivity index (χ1v) is 8.19. The molecule has 0 fully saturated rings. The van der Waals surface area contributed by atoms with Gasteiger partial charge in [-0.05, 0) is 48.0 Å². The number of carbonyl (C=O) groups excluding carboxylic acids is 1. The summed E-state index contributed by atoms with van der Waals surface area (Å²) in [5.41, 5.74) is 0.0997. The number of nitrogens with zero attached hydrogens (tertiary/aromatic N) is 2. The molecule has 10 heteroatoms. The maximum absolute atomic E-state index is 13.3. The Labute approximate surface area is 161 Å². The maximum Gasteiger partial charge on any atom is 0.573 e. The molecule has 1 N–H and O–H groups in total. The second-order valence-electron chi connectivity index (χ2n) is 5.87. The minimum absolute atomic E-state index is 0.0405. The number of anilines is 1. The second-order valence-corrected chi connectivity index (χ2v) is 5.87. The quantitative estimate of drug-likeness (QED) is 0.657. The van der Waals surface area contributed by atoms with E-state index >= 15 is 0 Å². The number of halogens is 4. The highest BCUT2D eigenvalue weighted by Gasteiger charge is 2.31. The van der Waals surface area contributed by atoms with Crippen molar-refractivity contribution in [1.29, 1.82) is 0 Å². The number of aromatic nitrogens is 2. The standard InChI is InChI=1S/C19H13F4N3O3/c20-13-3-1-2-12(10-13)11-26-17(27)9-8-16(25-26)18(28)24-14-4-6-15(7-5-14)29-19(21,22)23/h1-10H,11H2,(H,24,28). The monoisotopic (exact) mass is 407 g/mol. The van der Waals surface area contributed by atoms with Crippen molar-refractivity contribution in [1.82, 2.24) is 9.78 Å². The molecule has 0 unspecified atom stereocenters. The summed E-state index contributed by atoms with van der Waals surface area (Å²) in [4.78, 5) is 24.3. The van der Waals surface area contributed by atoms with Gasteiger partial charge >= 0.3 is 6.36 Å². The number of ether oxygens (including phenoxy) is 1. The molecule has 1 amide bonds. The van der Waals surface area contributed by atoms with Crippen molar-refractivity contribution < 1.29 is 27.1 Å². The predicted octanol–water partition coefficient (Wildman–Crippen LogP) is 3.58. The van der Waals surface area contributed by atoms with Crippen LogP contribution in [0, 0.1) is 5.82 Å². The van der Waals surface area contributed by atoms with Crippen molar-refractivity contribution in [3.63, 3.8) is 0 Å². The lowest BCUT2D eigenvalue weighted by molar-refractivity contribution is -0.274. The van der Waals surface area contributed by atoms with Crippen molar-refractivity contribution in [3.05, 3.63) is 88.1 Å². The van der Waals surface area contributed by atoms with E-state index in [-0.39, 0.29) is 17.9 Å². The van der Waals surface area contributed by atoms with E-state index in [1.54, 1.807) is 6.07 Å². The first-order chi connectivity index (χ1) is 13.7. The Morgan fingerprint density at radius 1 is 1.07 bits per heavy atom. The van der Waals surface area contributed by atoms with Crippen LogP contribution in [-0.2, 0) is 6.54 Å². The molecule has 150 valence electrons. The van der Waals surface area contributed by atoms with Crippen LogP contribution in [0.5, 0.6) is 5.75 Å². The van der Waals surface area contributed by atoms with E-state index in [1.807, 2.05) is 0 Å². The van der Waals surface area contributed by atoms with Gasteiger partial charge in [-0.1, -0.05) is 12.1 Å². The fourth-order valence-electron chi connectivity index (χ4n) is 2.43. The molecule has 0 atom stereocenters. The van der Waals surface area contributed by atoms with E-state index in [4.69, 9.17) is 0 Å². The number of hydrogen-bond donors (Lipinski definition) is 1. The van der Waals surface area contributed by atoms with E-state index in [0.717, 1.165) is 22.9 Å². The number of rotatable bonds is 5. The normalized spacial score (nSPS) is 11.2. The van der Waals surface area contributed by atoms with Crippen molar-refractivity contribution in [2.75, 3.05) is 5.32 Å². The van der Waals surface area contributed by atoms with Crippen LogP contribution in [0.15, 0.2) is 65.5 Å². The molecule has 1 aromatic heterocycles. The number of carbonyl (C=O) groups is 1. The molecule has 6 nitrogen and oxygen atoms in total. The molecule has 2 aromatic carbocycles. The molecule has 0 aliphatic rings. The fraction of sp³-hybridized carbons (Fsp3) is 0.105. The van der Waals surface area contributed by atoms with Gasteiger partial charge in [0, 0.05) is 11.8 Å². The fourth-order valence-corrected chi connectivity index (χ4v) is 2.43. The zero-order chi connectivity index (χ0) is 21.0. The van der Waals surface area contributed by atoms with Crippen LogP contribution in [0.2, 0.25) is 0 Å². The number of hydrogen-bond acceptors (Lipinski definition) is 4. The van der Waals surface area contributed by atoms with Crippen LogP contribution in [0.1, 0.15) is 16.1 Å². The Morgan fingerprint density at radius 2 is 1.79 bits per heavy atom. The highest BCUT2D eigenvalue weighted by Crippen LogP contribution is 2.24. The molecule has 3 rings (SSSR count). The van der Waals surface area contributed by atoms with Crippen LogP contribution >= 0.6 is 0 Å². The molecule has 29 heavy (non-hydrogen) atoms. The molecule has 0 aliphatic carbocycles. The molecule has 1 heterocycles. The molecule has 0 saturated heterocycles. The summed E-state index contributed by atoms with van der Waals surface area (Å²) in [6, 6.07) is 12.5. The zero-order valence-corrected chi connectivity index (χ0v) is 14.6. The smallest absolute Gasteiger partial charge is 0.406 e. The van der Waals surface area contributed by atoms with Gasteiger partial charge in [0.05, 0.1) is 6.54 Å². The first kappa shape index (κ1) is 20.1. The van der Waals surface area contributed by atoms with Crippen molar-refractivity contribution >= 4 is 11.6 Å². The number of alkyl halides is 3. The second kappa shape index (κ2) is 8.13. The van der Waals surface area contributed by atoms with Gasteiger partial charge in [-0.3, -0.25) is 9.59 Å². The molecule has 0 bridgehead atoms. The van der Waals surface area contributed by atoms with Gasteiger partial charge in [0.25, 0.3) is 11.5 Å². The summed E-state index contributed by atoms with van der Waals surface area (Å²) in [7, 11) is 0. The molecule has 3 aromatic rings. The van der Waals surface area contributed by atoms with Gasteiger partial charge in [0.1, 0.15) is 17.3 Å². The van der Waals surface area contributed by atoms with E-state index in [1.165, 1.54) is 36.4 Å². The Morgan fingerprint density at radius 3 is 2.45 bits per heavy atom. The Bertz CT molecular complexity index is 1080. The third-order valence-electron chi connectivity index (χ3n) is 3.67. The summed E-state index contributed by atoms with van der Waals surface area (Å²) in [5, 5.41) is 6.41. The summed E-state index contributed by atoms with van der Waals surface area (Å²) in [6.45, 7) is -0.0405. The number of benzene rings is 2. The highest BCUT2D eigenvalue weighted by atomic mass is 19.4. The zero-order valence-electron chi connectivity index (χ0n) is 14.6. The number of nitrogens with one attached hydrogen (secondary N) is 1. The van der Waals surface area contributed by atoms with Crippen LogP contribution in [0.3, 0.4) is 0 Å². The van der Waals surface area contributed by atoms with Crippen molar-refractivity contribution in [2.24, 2.45) is 0 Å². The van der Waals surface area contributed by atoms with Gasteiger partial charge < -0.3 is 10.1 Å². The topological polar surface area (TPSA) is 73.2 Å². The lowest BCUT2D eigenvalue weighted by atomic mass is 10.2. The predicted molar refractivity (Wildman–Crippen MR) is 95.1 cm³/mol. The van der Waals surface area contributed by atoms with E-state index in [2.05, 4.69) is 15.2 Å². The summed E-state index contributed by atoms with van der Waals surface area (Å²) in [6.07, 6.45) is -4.82. The Kier molecular flexibility index (Phi) is 5.62. The average molecular weight is 407 g/mol. The third-order valence-corrected chi connectivity index (χ3v) is 3.67. The average Bonchev–Trinajstić information content (AvgIpc) is 2.64. The molecular weight excluding hydrogens is 394 g/mol. The minimum atomic E-state index is -4.82. The molecule has 0 aliphatic heterocycles. The van der Waals surface area contributed by atoms with Gasteiger partial charge in [0.15, 0.2) is 0 Å². The van der Waals surface area contributed by atoms with Crippen LogP contribution < -0.4 is 15.6 Å². The SMILES string of the molecule is O=C(Nc1ccc(OC(F)(F)F)cc1)c1ccc(=O)n(Cc2cccc(F)c2)n1. The Balaban J connectivity index is 1.73. The lowest BCUT2D eigenvalue weighted by Crippen LogP contribution is -2.26. The van der Waals surface area contributed by atoms with Gasteiger partial charge in [-0.2, -0.15) is 5.10 Å².